The molecule has 6 N–H and O–H groups in total. The molecule has 0 amide bonds. The Hall–Kier alpha value is -3.34. The molecule has 0 radical (unpaired) electrons. The molecule has 84 heavy (non-hydrogen) atoms. The summed E-state index contributed by atoms with van der Waals surface area (Å²) in [6, 6.07) is 0. The molecule has 16 heteroatoms. The van der Waals surface area contributed by atoms with E-state index in [1.807, 2.05) is 0 Å². The number of piperidine rings is 4. The molecule has 4 aliphatic rings. The number of likely N-dealkylation sites (tertiary alicyclic amines) is 4. The Morgan fingerprint density at radius 2 is 0.393 bits per heavy atom. The van der Waals surface area contributed by atoms with E-state index in [9.17, 15) is 0 Å². The molecular weight excluding hydrogens is 1040 g/mol. The zero-order chi connectivity index (χ0) is 61.8. The molecule has 16 nitrogen and oxygen atoms in total. The van der Waals surface area contributed by atoms with Gasteiger partial charge in [-0.1, -0.05) is 64.2 Å². The lowest BCUT2D eigenvalue weighted by molar-refractivity contribution is -0.0323. The number of nitrogens with zero attached hydrogens (tertiary/aromatic N) is 10. The third kappa shape index (κ3) is 20.6. The van der Waals surface area contributed by atoms with Gasteiger partial charge < -0.3 is 31.9 Å². The van der Waals surface area contributed by atoms with Crippen LogP contribution in [0.3, 0.4) is 0 Å². The summed E-state index contributed by atoms with van der Waals surface area (Å²) in [6.07, 6.45) is 28.6. The number of hydrogen-bond donors (Lipinski definition) is 6. The van der Waals surface area contributed by atoms with Crippen LogP contribution in [0.2, 0.25) is 0 Å². The quantitative estimate of drug-likeness (QED) is 0.0374. The number of anilines is 6. The number of rotatable bonds is 33. The molecule has 0 aromatic carbocycles. The van der Waals surface area contributed by atoms with Gasteiger partial charge in [0.05, 0.1) is 0 Å². The van der Waals surface area contributed by atoms with Gasteiger partial charge in [-0.3, -0.25) is 19.6 Å². The maximum absolute atomic E-state index is 4.88. The molecule has 4 fully saturated rings. The molecule has 0 atom stereocenters. The molecule has 0 spiro atoms. The molecular formula is C68H130N16. The van der Waals surface area contributed by atoms with Crippen molar-refractivity contribution in [1.82, 2.24) is 49.5 Å². The van der Waals surface area contributed by atoms with Crippen LogP contribution in [0.4, 0.5) is 35.7 Å². The second-order valence-corrected chi connectivity index (χ2v) is 32.4. The minimum atomic E-state index is 0.229. The van der Waals surface area contributed by atoms with Crippen LogP contribution >= 0.6 is 0 Å². The van der Waals surface area contributed by atoms with Crippen molar-refractivity contribution < 1.29 is 0 Å². The van der Waals surface area contributed by atoms with Crippen LogP contribution in [0.15, 0.2) is 0 Å². The summed E-state index contributed by atoms with van der Waals surface area (Å²) >= 11 is 0. The molecule has 6 heterocycles. The summed E-state index contributed by atoms with van der Waals surface area (Å²) in [5.74, 6) is 6.92. The van der Waals surface area contributed by atoms with Crippen LogP contribution < -0.4 is 31.9 Å². The van der Waals surface area contributed by atoms with Gasteiger partial charge in [0.15, 0.2) is 0 Å². The van der Waals surface area contributed by atoms with Crippen LogP contribution in [0.1, 0.15) is 265 Å². The predicted octanol–water partition coefficient (Wildman–Crippen LogP) is 15.1. The highest BCUT2D eigenvalue weighted by atomic mass is 15.3. The van der Waals surface area contributed by atoms with E-state index in [-0.39, 0.29) is 44.3 Å². The van der Waals surface area contributed by atoms with Crippen molar-refractivity contribution in [2.45, 2.75) is 309 Å². The van der Waals surface area contributed by atoms with Crippen molar-refractivity contribution in [3.05, 3.63) is 0 Å². The zero-order valence-electron chi connectivity index (χ0n) is 58.0. The van der Waals surface area contributed by atoms with Crippen molar-refractivity contribution in [2.75, 3.05) is 99.4 Å². The van der Waals surface area contributed by atoms with Gasteiger partial charge in [-0.05, 0) is 253 Å². The fraction of sp³-hybridized carbons (Fsp3) is 0.912. The first-order valence-corrected chi connectivity index (χ1v) is 34.1. The first-order valence-electron chi connectivity index (χ1n) is 34.1. The average Bonchev–Trinajstić information content (AvgIpc) is 1.52. The second kappa shape index (κ2) is 29.8. The Kier molecular flexibility index (Phi) is 24.7. The Balaban J connectivity index is 0.964. The van der Waals surface area contributed by atoms with Gasteiger partial charge >= 0.3 is 0 Å². The van der Waals surface area contributed by atoms with Gasteiger partial charge in [0.2, 0.25) is 35.7 Å². The highest BCUT2D eigenvalue weighted by molar-refractivity contribution is 5.43. The maximum Gasteiger partial charge on any atom is 0.229 e. The lowest BCUT2D eigenvalue weighted by atomic mass is 9.72. The summed E-state index contributed by atoms with van der Waals surface area (Å²) in [6.45, 7) is 43.6. The Morgan fingerprint density at radius 3 is 0.548 bits per heavy atom. The lowest BCUT2D eigenvalue weighted by Crippen LogP contribution is -2.58. The van der Waals surface area contributed by atoms with Crippen LogP contribution in [0, 0.1) is 23.7 Å². The molecule has 2 aromatic heterocycles. The highest BCUT2D eigenvalue weighted by Crippen LogP contribution is 2.45. The van der Waals surface area contributed by atoms with Crippen molar-refractivity contribution in [3.8, 4) is 0 Å². The van der Waals surface area contributed by atoms with Crippen molar-refractivity contribution in [1.29, 1.82) is 0 Å². The van der Waals surface area contributed by atoms with E-state index in [4.69, 9.17) is 29.9 Å². The molecule has 0 bridgehead atoms. The molecule has 482 valence electrons. The molecule has 6 rings (SSSR count). The topological polar surface area (TPSA) is 162 Å². The third-order valence-electron chi connectivity index (χ3n) is 21.8. The predicted molar refractivity (Wildman–Crippen MR) is 359 cm³/mol. The van der Waals surface area contributed by atoms with E-state index >= 15 is 0 Å². The zero-order valence-corrected chi connectivity index (χ0v) is 58.0. The van der Waals surface area contributed by atoms with Gasteiger partial charge in [-0.2, -0.15) is 29.9 Å². The normalized spacial score (nSPS) is 22.9. The van der Waals surface area contributed by atoms with Crippen LogP contribution in [-0.4, -0.2) is 161 Å². The summed E-state index contributed by atoms with van der Waals surface area (Å²) in [5, 5.41) is 21.5. The van der Waals surface area contributed by atoms with E-state index in [2.05, 4.69) is 190 Å². The van der Waals surface area contributed by atoms with Gasteiger partial charge in [0, 0.05) is 83.6 Å². The fourth-order valence-electron chi connectivity index (χ4n) is 16.4. The van der Waals surface area contributed by atoms with E-state index in [0.29, 0.717) is 35.7 Å². The van der Waals surface area contributed by atoms with E-state index in [1.54, 1.807) is 0 Å². The van der Waals surface area contributed by atoms with Crippen LogP contribution in [-0.2, 0) is 0 Å². The van der Waals surface area contributed by atoms with Crippen molar-refractivity contribution in [3.63, 3.8) is 0 Å². The molecule has 4 aliphatic heterocycles. The van der Waals surface area contributed by atoms with Crippen molar-refractivity contribution in [2.24, 2.45) is 23.7 Å². The third-order valence-corrected chi connectivity index (χ3v) is 21.8. The van der Waals surface area contributed by atoms with E-state index in [0.717, 1.165) is 114 Å². The van der Waals surface area contributed by atoms with Gasteiger partial charge in [0.1, 0.15) is 0 Å². The second-order valence-electron chi connectivity index (χ2n) is 32.4. The number of aromatic nitrogens is 6. The molecule has 0 aliphatic carbocycles. The largest absolute Gasteiger partial charge is 0.354 e. The van der Waals surface area contributed by atoms with Gasteiger partial charge in [0.25, 0.3) is 0 Å². The molecule has 4 saturated heterocycles. The molecule has 0 saturated carbocycles. The summed E-state index contributed by atoms with van der Waals surface area (Å²) < 4.78 is 0. The molecule has 2 aromatic rings. The molecule has 0 unspecified atom stereocenters. The SMILES string of the molecule is CN1C(C)(C)CC(CCCCNc2nc(NCCCCCCNc3nc(NCCCCC4CC(C)(C)N(C)C(C)(C)C4)nc(NCCCCC4CC(C)(C)N(C)C(C)(C)C4)n3)nc(NCCCCC3CC(C)(C)N(C)C(C)(C)C3)n2)CC1(C)C. The summed E-state index contributed by atoms with van der Waals surface area (Å²) in [5.41, 5.74) is 1.83. The standard InChI is InChI=1S/C68H130N16/c1-61(2)43-51(44-62(3,4)81(61)17)33-23-29-39-71-57-75-55(76-58(79-57)72-40-30-24-34-52-45-63(5,6)82(18)64(7,8)46-52)69-37-27-21-22-28-38-70-56-77-59(73-41-31-25-35-53-47-65(9,10)83(19)66(11,12)48-53)80-60(78-56)74-42-32-26-36-54-49-67(13,14)84(20)68(15,16)50-54/h51-54H,21-50H2,1-20H3,(H3,69,71,72,75,76,79)(H3,70,73,74,77,78,80). The minimum absolute atomic E-state index is 0.229. The first-order chi connectivity index (χ1) is 39.2. The average molecular weight is 1170 g/mol. The Morgan fingerprint density at radius 1 is 0.250 bits per heavy atom. The minimum Gasteiger partial charge on any atom is -0.354 e. The Bertz CT molecular complexity index is 1920. The number of unbranched alkanes of at least 4 members (excludes halogenated alkanes) is 7. The fourth-order valence-corrected chi connectivity index (χ4v) is 16.4. The van der Waals surface area contributed by atoms with Crippen molar-refractivity contribution >= 4 is 35.7 Å². The first kappa shape index (κ1) is 69.8. The Labute approximate surface area is 515 Å². The van der Waals surface area contributed by atoms with Gasteiger partial charge in [-0.25, -0.2) is 0 Å². The number of nitrogens with one attached hydrogen (secondary N) is 6. The summed E-state index contributed by atoms with van der Waals surface area (Å²) in [4.78, 5) is 39.6. The summed E-state index contributed by atoms with van der Waals surface area (Å²) in [7, 11) is 9.21. The number of hydrogen-bond acceptors (Lipinski definition) is 16. The van der Waals surface area contributed by atoms with Crippen LogP contribution in [0.5, 0.6) is 0 Å². The van der Waals surface area contributed by atoms with Gasteiger partial charge in [-0.15, -0.1) is 0 Å². The lowest BCUT2D eigenvalue weighted by Gasteiger charge is -2.54. The monoisotopic (exact) mass is 1170 g/mol. The smallest absolute Gasteiger partial charge is 0.229 e. The highest BCUT2D eigenvalue weighted by Gasteiger charge is 2.46. The van der Waals surface area contributed by atoms with Crippen LogP contribution in [0.25, 0.3) is 0 Å². The maximum atomic E-state index is 4.88. The van der Waals surface area contributed by atoms with E-state index < -0.39 is 0 Å². The van der Waals surface area contributed by atoms with E-state index in [1.165, 1.54) is 103 Å².